The molecule has 0 saturated heterocycles. The minimum Gasteiger partial charge on any atom is -0.370 e. The third kappa shape index (κ3) is 7.45. The molecule has 9 heteroatoms. The molecule has 2 bridgehead atoms. The molecule has 0 spiro atoms. The van der Waals surface area contributed by atoms with E-state index in [0.717, 1.165) is 24.8 Å². The van der Waals surface area contributed by atoms with Gasteiger partial charge in [-0.05, 0) is 55.9 Å². The Bertz CT molecular complexity index is 919. The molecule has 2 aliphatic rings. The lowest BCUT2D eigenvalue weighted by molar-refractivity contribution is -0.140. The van der Waals surface area contributed by atoms with E-state index >= 15 is 0 Å². The summed E-state index contributed by atoms with van der Waals surface area (Å²) in [6.07, 6.45) is 8.39. The zero-order chi connectivity index (χ0) is 26.1. The van der Waals surface area contributed by atoms with E-state index in [1.807, 2.05) is 30.3 Å². The zero-order valence-corrected chi connectivity index (χ0v) is 21.4. The first-order valence-corrected chi connectivity index (χ1v) is 13.2. The molecule has 0 heterocycles. The lowest BCUT2D eigenvalue weighted by atomic mass is 9.59. The Morgan fingerprint density at radius 3 is 2.28 bits per heavy atom. The lowest BCUT2D eigenvalue weighted by Crippen LogP contribution is -2.56. The second kappa shape index (κ2) is 12.7. The van der Waals surface area contributed by atoms with Gasteiger partial charge in [0.1, 0.15) is 12.1 Å². The third-order valence-corrected chi connectivity index (χ3v) is 7.92. The molecule has 4 atom stereocenters. The summed E-state index contributed by atoms with van der Waals surface area (Å²) < 4.78 is 0. The van der Waals surface area contributed by atoms with Crippen molar-refractivity contribution in [3.05, 3.63) is 35.9 Å². The molecule has 2 aliphatic carbocycles. The number of nitrogens with two attached hydrogens (primary N) is 3. The maximum atomic E-state index is 13.7. The minimum absolute atomic E-state index is 0.0182. The van der Waals surface area contributed by atoms with Gasteiger partial charge in [-0.25, -0.2) is 0 Å². The number of nitrogens with zero attached hydrogens (tertiary/aromatic N) is 1. The van der Waals surface area contributed by atoms with Crippen LogP contribution < -0.4 is 27.8 Å². The molecule has 3 amide bonds. The quantitative estimate of drug-likeness (QED) is 0.168. The summed E-state index contributed by atoms with van der Waals surface area (Å²) in [5.41, 5.74) is 16.9. The van der Waals surface area contributed by atoms with Gasteiger partial charge in [0.15, 0.2) is 5.96 Å². The van der Waals surface area contributed by atoms with Gasteiger partial charge in [0.25, 0.3) is 0 Å². The fourth-order valence-corrected chi connectivity index (χ4v) is 6.02. The van der Waals surface area contributed by atoms with Crippen molar-refractivity contribution in [2.45, 2.75) is 83.2 Å². The highest BCUT2D eigenvalue weighted by molar-refractivity contribution is 5.93. The van der Waals surface area contributed by atoms with E-state index in [4.69, 9.17) is 17.2 Å². The van der Waals surface area contributed by atoms with Crippen LogP contribution in [0.4, 0.5) is 0 Å². The number of benzene rings is 1. The molecule has 2 unspecified atom stereocenters. The van der Waals surface area contributed by atoms with Gasteiger partial charge < -0.3 is 27.8 Å². The van der Waals surface area contributed by atoms with Crippen molar-refractivity contribution in [2.75, 3.05) is 6.54 Å². The Hall–Kier alpha value is -3.10. The van der Waals surface area contributed by atoms with Crippen molar-refractivity contribution >= 4 is 23.7 Å². The average molecular weight is 499 g/mol. The van der Waals surface area contributed by atoms with Gasteiger partial charge in [0.2, 0.25) is 17.7 Å². The van der Waals surface area contributed by atoms with Crippen LogP contribution in [0.5, 0.6) is 0 Å². The van der Waals surface area contributed by atoms with Crippen molar-refractivity contribution in [2.24, 2.45) is 39.4 Å². The van der Waals surface area contributed by atoms with Gasteiger partial charge >= 0.3 is 0 Å². The summed E-state index contributed by atoms with van der Waals surface area (Å²) in [6.45, 7) is 2.41. The number of guanidine groups is 1. The summed E-state index contributed by atoms with van der Waals surface area (Å²) in [6, 6.07) is 7.67. The monoisotopic (exact) mass is 498 g/mol. The lowest BCUT2D eigenvalue weighted by Gasteiger charge is -2.46. The van der Waals surface area contributed by atoms with Crippen molar-refractivity contribution in [3.63, 3.8) is 0 Å². The van der Waals surface area contributed by atoms with Crippen LogP contribution >= 0.6 is 0 Å². The van der Waals surface area contributed by atoms with Gasteiger partial charge in [0, 0.05) is 18.4 Å². The van der Waals surface area contributed by atoms with E-state index in [1.165, 1.54) is 25.7 Å². The molecule has 2 fully saturated rings. The van der Waals surface area contributed by atoms with Gasteiger partial charge in [-0.3, -0.25) is 19.4 Å². The van der Waals surface area contributed by atoms with Crippen LogP contribution in [-0.2, 0) is 20.8 Å². The molecule has 0 radical (unpaired) electrons. The van der Waals surface area contributed by atoms with Crippen molar-refractivity contribution in [1.82, 2.24) is 10.6 Å². The molecular weight excluding hydrogens is 456 g/mol. The van der Waals surface area contributed by atoms with Crippen LogP contribution in [-0.4, -0.2) is 42.3 Å². The van der Waals surface area contributed by atoms with Crippen molar-refractivity contribution in [3.8, 4) is 0 Å². The highest BCUT2D eigenvalue weighted by Gasteiger charge is 2.46. The molecule has 8 N–H and O–H groups in total. The second-order valence-electron chi connectivity index (χ2n) is 10.6. The number of hydrogen-bond donors (Lipinski definition) is 5. The van der Waals surface area contributed by atoms with Gasteiger partial charge in [-0.1, -0.05) is 56.5 Å². The summed E-state index contributed by atoms with van der Waals surface area (Å²) in [5, 5.41) is 5.83. The van der Waals surface area contributed by atoms with E-state index in [9.17, 15) is 14.4 Å². The Morgan fingerprint density at radius 1 is 1.03 bits per heavy atom. The molecule has 1 aromatic rings. The molecule has 0 aliphatic heterocycles. The van der Waals surface area contributed by atoms with Gasteiger partial charge in [-0.15, -0.1) is 0 Å². The Morgan fingerprint density at radius 2 is 1.69 bits per heavy atom. The maximum Gasteiger partial charge on any atom is 0.243 e. The fourth-order valence-electron chi connectivity index (χ4n) is 6.02. The smallest absolute Gasteiger partial charge is 0.243 e. The SMILES string of the molecule is CCC1(C(=O)N[C@@H](CCCN=C(N)N)C(=O)N[C@@H](Cc2ccccc2)C(N)=O)CC2CCCC(C2)C1. The van der Waals surface area contributed by atoms with Crippen LogP contribution in [0.1, 0.15) is 70.3 Å². The number of fused-ring (bicyclic) bond motifs is 2. The number of aliphatic imine (C=N–C) groups is 1. The molecule has 2 saturated carbocycles. The van der Waals surface area contributed by atoms with E-state index < -0.39 is 29.3 Å². The summed E-state index contributed by atoms with van der Waals surface area (Å²) in [4.78, 5) is 43.2. The van der Waals surface area contributed by atoms with Crippen LogP contribution in [0.2, 0.25) is 0 Å². The first-order chi connectivity index (χ1) is 17.2. The van der Waals surface area contributed by atoms with E-state index in [0.29, 0.717) is 31.2 Å². The normalized spacial score (nSPS) is 24.7. The van der Waals surface area contributed by atoms with Crippen molar-refractivity contribution < 1.29 is 14.4 Å². The second-order valence-corrected chi connectivity index (χ2v) is 10.6. The van der Waals surface area contributed by atoms with Gasteiger partial charge in [0.05, 0.1) is 0 Å². The largest absolute Gasteiger partial charge is 0.370 e. The first-order valence-electron chi connectivity index (χ1n) is 13.2. The highest BCUT2D eigenvalue weighted by atomic mass is 16.2. The molecule has 36 heavy (non-hydrogen) atoms. The zero-order valence-electron chi connectivity index (χ0n) is 21.4. The van der Waals surface area contributed by atoms with Crippen LogP contribution in [0.15, 0.2) is 35.3 Å². The number of rotatable bonds is 12. The van der Waals surface area contributed by atoms with Crippen molar-refractivity contribution in [1.29, 1.82) is 0 Å². The molecular formula is C27H42N6O3. The minimum atomic E-state index is -0.883. The fraction of sp³-hybridized carbons (Fsp3) is 0.630. The van der Waals surface area contributed by atoms with Crippen LogP contribution in [0.25, 0.3) is 0 Å². The molecule has 1 aromatic carbocycles. The average Bonchev–Trinajstić information content (AvgIpc) is 2.85. The number of carbonyl (C=O) groups is 3. The summed E-state index contributed by atoms with van der Waals surface area (Å²) in [5.74, 6) is 0.0144. The molecule has 9 nitrogen and oxygen atoms in total. The molecule has 198 valence electrons. The van der Waals surface area contributed by atoms with Gasteiger partial charge in [-0.2, -0.15) is 0 Å². The Balaban J connectivity index is 1.73. The maximum absolute atomic E-state index is 13.7. The molecule has 0 aromatic heterocycles. The van der Waals surface area contributed by atoms with Crippen LogP contribution in [0.3, 0.4) is 0 Å². The highest BCUT2D eigenvalue weighted by Crippen LogP contribution is 2.50. The number of nitrogens with one attached hydrogen (secondary N) is 2. The Labute approximate surface area is 214 Å². The molecule has 3 rings (SSSR count). The predicted molar refractivity (Wildman–Crippen MR) is 141 cm³/mol. The third-order valence-electron chi connectivity index (χ3n) is 7.92. The van der Waals surface area contributed by atoms with E-state index in [-0.39, 0.29) is 18.3 Å². The Kier molecular flexibility index (Phi) is 9.73. The number of carbonyl (C=O) groups excluding carboxylic acids is 3. The van der Waals surface area contributed by atoms with E-state index in [1.54, 1.807) is 0 Å². The number of amides is 3. The van der Waals surface area contributed by atoms with E-state index in [2.05, 4.69) is 22.5 Å². The predicted octanol–water partition coefficient (Wildman–Crippen LogP) is 1.73. The standard InChI is InChI=1S/C27H42N6O3/c1-2-27(16-19-10-6-11-20(14-19)17-27)25(36)33-21(12-7-13-31-26(29)30)24(35)32-22(23(28)34)15-18-8-4-3-5-9-18/h3-5,8-9,19-22H,2,6-7,10-17H2,1H3,(H2,28,34)(H,32,35)(H,33,36)(H4,29,30,31)/t19?,20?,21-,22-,27?/m0/s1. The number of hydrogen-bond acceptors (Lipinski definition) is 4. The topological polar surface area (TPSA) is 166 Å². The summed E-state index contributed by atoms with van der Waals surface area (Å²) >= 11 is 0. The number of primary amides is 1. The van der Waals surface area contributed by atoms with Crippen LogP contribution in [0, 0.1) is 17.3 Å². The first kappa shape index (κ1) is 27.5. The summed E-state index contributed by atoms with van der Waals surface area (Å²) in [7, 11) is 0.